The Kier molecular flexibility index (Phi) is 1.69. The Hall–Kier alpha value is -1.95. The van der Waals surface area contributed by atoms with Crippen LogP contribution in [0.2, 0.25) is 0 Å². The molecular weight excluding hydrogens is 190 g/mol. The van der Waals surface area contributed by atoms with Crippen molar-refractivity contribution in [1.29, 1.82) is 5.26 Å². The Bertz CT molecular complexity index is 485. The number of allylic oxidation sites excluding steroid dienone is 1. The molecule has 1 aliphatic heterocycles. The number of ether oxygens (including phenoxy) is 2. The van der Waals surface area contributed by atoms with Crippen molar-refractivity contribution in [3.05, 3.63) is 35.4 Å². The molecule has 0 saturated heterocycles. The summed E-state index contributed by atoms with van der Waals surface area (Å²) in [5, 5.41) is 8.84. The second-order valence-corrected chi connectivity index (χ2v) is 3.48. The Morgan fingerprint density at radius 3 is 3.20 bits per heavy atom. The normalized spacial score (nSPS) is 20.9. The van der Waals surface area contributed by atoms with Gasteiger partial charge in [-0.1, -0.05) is 6.07 Å². The molecule has 3 heteroatoms. The van der Waals surface area contributed by atoms with Crippen LogP contribution in [0.4, 0.5) is 0 Å². The molecule has 1 aliphatic carbocycles. The lowest BCUT2D eigenvalue weighted by atomic mass is 9.89. The van der Waals surface area contributed by atoms with Gasteiger partial charge in [0.2, 0.25) is 6.79 Å². The van der Waals surface area contributed by atoms with Gasteiger partial charge in [-0.25, -0.2) is 0 Å². The standard InChI is InChI=1S/C12H7NO2/c13-6-8-1-2-9-3-4-11-12(10(9)5-8)15-7-14-11/h3-4,8H,5,7H2. The van der Waals surface area contributed by atoms with Gasteiger partial charge in [0.15, 0.2) is 11.5 Å². The van der Waals surface area contributed by atoms with Crippen LogP contribution in [0.5, 0.6) is 11.5 Å². The topological polar surface area (TPSA) is 42.2 Å². The lowest BCUT2D eigenvalue weighted by Crippen LogP contribution is -2.07. The number of nitrogens with zero attached hydrogens (tertiary/aromatic N) is 1. The van der Waals surface area contributed by atoms with E-state index in [4.69, 9.17) is 14.7 Å². The highest BCUT2D eigenvalue weighted by molar-refractivity contribution is 5.55. The summed E-state index contributed by atoms with van der Waals surface area (Å²) in [6.07, 6.45) is 6.52. The molecule has 2 aliphatic rings. The van der Waals surface area contributed by atoms with E-state index in [2.05, 4.69) is 18.2 Å². The molecule has 1 unspecified atom stereocenters. The summed E-state index contributed by atoms with van der Waals surface area (Å²) in [5.74, 6) is 1.30. The zero-order valence-corrected chi connectivity index (χ0v) is 7.91. The SMILES string of the molecule is N#CC1[C]=[C]c2ccc3c(c2C1)OCO3. The summed E-state index contributed by atoms with van der Waals surface area (Å²) >= 11 is 0. The molecule has 0 saturated carbocycles. The highest BCUT2D eigenvalue weighted by Crippen LogP contribution is 2.40. The van der Waals surface area contributed by atoms with Crippen LogP contribution < -0.4 is 9.47 Å². The van der Waals surface area contributed by atoms with Crippen LogP contribution in [0.1, 0.15) is 11.1 Å². The van der Waals surface area contributed by atoms with Crippen molar-refractivity contribution in [2.45, 2.75) is 6.42 Å². The Balaban J connectivity index is 2.14. The Morgan fingerprint density at radius 2 is 2.33 bits per heavy atom. The fourth-order valence-corrected chi connectivity index (χ4v) is 1.85. The van der Waals surface area contributed by atoms with E-state index in [0.717, 1.165) is 22.6 Å². The number of nitriles is 1. The number of hydrogen-bond donors (Lipinski definition) is 0. The molecule has 0 spiro atoms. The van der Waals surface area contributed by atoms with Crippen molar-refractivity contribution in [1.82, 2.24) is 0 Å². The van der Waals surface area contributed by atoms with Gasteiger partial charge in [0, 0.05) is 5.56 Å². The lowest BCUT2D eigenvalue weighted by Gasteiger charge is -2.14. The van der Waals surface area contributed by atoms with Crippen LogP contribution in [0, 0.1) is 29.4 Å². The average Bonchev–Trinajstić information content (AvgIpc) is 2.76. The van der Waals surface area contributed by atoms with Crippen molar-refractivity contribution in [2.24, 2.45) is 5.92 Å². The minimum Gasteiger partial charge on any atom is -0.454 e. The van der Waals surface area contributed by atoms with Crippen LogP contribution in [-0.4, -0.2) is 6.79 Å². The van der Waals surface area contributed by atoms with Crippen molar-refractivity contribution < 1.29 is 9.47 Å². The van der Waals surface area contributed by atoms with Crippen molar-refractivity contribution in [3.8, 4) is 17.6 Å². The summed E-state index contributed by atoms with van der Waals surface area (Å²) in [7, 11) is 0. The van der Waals surface area contributed by atoms with Gasteiger partial charge in [0.25, 0.3) is 0 Å². The molecule has 3 nitrogen and oxygen atoms in total. The van der Waals surface area contributed by atoms with Gasteiger partial charge in [-0.2, -0.15) is 5.26 Å². The third kappa shape index (κ3) is 1.18. The molecule has 0 fully saturated rings. The van der Waals surface area contributed by atoms with Gasteiger partial charge in [-0.05, 0) is 30.2 Å². The number of fused-ring (bicyclic) bond motifs is 3. The first-order valence-corrected chi connectivity index (χ1v) is 4.71. The van der Waals surface area contributed by atoms with E-state index in [-0.39, 0.29) is 12.7 Å². The van der Waals surface area contributed by atoms with Gasteiger partial charge in [-0.3, -0.25) is 0 Å². The molecule has 1 heterocycles. The van der Waals surface area contributed by atoms with Gasteiger partial charge < -0.3 is 9.47 Å². The van der Waals surface area contributed by atoms with E-state index >= 15 is 0 Å². The predicted octanol–water partition coefficient (Wildman–Crippen LogP) is 1.62. The second kappa shape index (κ2) is 3.03. The summed E-state index contributed by atoms with van der Waals surface area (Å²) in [5.41, 5.74) is 1.96. The van der Waals surface area contributed by atoms with E-state index in [9.17, 15) is 0 Å². The molecular formula is C12H7NO2. The summed E-state index contributed by atoms with van der Waals surface area (Å²) in [4.78, 5) is 0. The van der Waals surface area contributed by atoms with Crippen molar-refractivity contribution in [3.63, 3.8) is 0 Å². The highest BCUT2D eigenvalue weighted by atomic mass is 16.7. The maximum atomic E-state index is 8.84. The smallest absolute Gasteiger partial charge is 0.231 e. The molecule has 15 heavy (non-hydrogen) atoms. The van der Waals surface area contributed by atoms with Crippen LogP contribution in [0.15, 0.2) is 12.1 Å². The van der Waals surface area contributed by atoms with Gasteiger partial charge in [0.05, 0.1) is 12.0 Å². The Labute approximate surface area is 87.5 Å². The zero-order valence-electron chi connectivity index (χ0n) is 7.91. The number of benzene rings is 1. The number of rotatable bonds is 0. The molecule has 2 radical (unpaired) electrons. The van der Waals surface area contributed by atoms with E-state index in [1.807, 2.05) is 12.1 Å². The Morgan fingerprint density at radius 1 is 1.40 bits per heavy atom. The molecule has 0 N–H and O–H groups in total. The largest absolute Gasteiger partial charge is 0.454 e. The lowest BCUT2D eigenvalue weighted by molar-refractivity contribution is 0.173. The zero-order chi connectivity index (χ0) is 10.3. The molecule has 3 rings (SSSR count). The number of hydrogen-bond acceptors (Lipinski definition) is 3. The monoisotopic (exact) mass is 197 g/mol. The van der Waals surface area contributed by atoms with E-state index in [1.54, 1.807) is 0 Å². The predicted molar refractivity (Wildman–Crippen MR) is 51.0 cm³/mol. The fraction of sp³-hybridized carbons (Fsp3) is 0.250. The van der Waals surface area contributed by atoms with Gasteiger partial charge >= 0.3 is 0 Å². The van der Waals surface area contributed by atoms with Crippen LogP contribution in [-0.2, 0) is 6.42 Å². The molecule has 1 aromatic carbocycles. The minimum atomic E-state index is -0.229. The van der Waals surface area contributed by atoms with E-state index in [0.29, 0.717) is 6.42 Å². The van der Waals surface area contributed by atoms with Crippen molar-refractivity contribution in [2.75, 3.05) is 6.79 Å². The molecule has 1 atom stereocenters. The van der Waals surface area contributed by atoms with Crippen molar-refractivity contribution >= 4 is 0 Å². The summed E-state index contributed by atoms with van der Waals surface area (Å²) in [6, 6.07) is 5.95. The van der Waals surface area contributed by atoms with E-state index < -0.39 is 0 Å². The second-order valence-electron chi connectivity index (χ2n) is 3.48. The first kappa shape index (κ1) is 8.37. The maximum Gasteiger partial charge on any atom is 0.231 e. The fourth-order valence-electron chi connectivity index (χ4n) is 1.85. The summed E-state index contributed by atoms with van der Waals surface area (Å²) in [6.45, 7) is 0.260. The third-order valence-electron chi connectivity index (χ3n) is 2.59. The van der Waals surface area contributed by atoms with Crippen LogP contribution in [0.25, 0.3) is 0 Å². The van der Waals surface area contributed by atoms with Gasteiger partial charge in [0.1, 0.15) is 0 Å². The molecule has 1 aromatic rings. The molecule has 72 valence electrons. The highest BCUT2D eigenvalue weighted by Gasteiger charge is 2.24. The molecule has 0 bridgehead atoms. The van der Waals surface area contributed by atoms with Crippen LogP contribution in [0.3, 0.4) is 0 Å². The minimum absolute atomic E-state index is 0.229. The van der Waals surface area contributed by atoms with E-state index in [1.165, 1.54) is 0 Å². The maximum absolute atomic E-state index is 8.84. The first-order chi connectivity index (χ1) is 7.38. The quantitative estimate of drug-likeness (QED) is 0.634. The van der Waals surface area contributed by atoms with Crippen LogP contribution >= 0.6 is 0 Å². The summed E-state index contributed by atoms with van der Waals surface area (Å²) < 4.78 is 10.7. The van der Waals surface area contributed by atoms with Gasteiger partial charge in [-0.15, -0.1) is 0 Å². The molecule has 0 amide bonds. The molecule has 0 aromatic heterocycles. The average molecular weight is 197 g/mol. The first-order valence-electron chi connectivity index (χ1n) is 4.71. The third-order valence-corrected chi connectivity index (χ3v) is 2.59.